The van der Waals surface area contributed by atoms with Crippen molar-refractivity contribution in [3.8, 4) is 0 Å². The van der Waals surface area contributed by atoms with E-state index in [0.717, 1.165) is 25.9 Å². The average Bonchev–Trinajstić information content (AvgIpc) is 2.90. The molecule has 1 aromatic carbocycles. The number of hydrogen-bond acceptors (Lipinski definition) is 4. The van der Waals surface area contributed by atoms with E-state index in [1.54, 1.807) is 15.9 Å². The Bertz CT molecular complexity index is 508. The molecule has 0 N–H and O–H groups in total. The van der Waals surface area contributed by atoms with E-state index in [-0.39, 0.29) is 11.6 Å². The normalized spacial score (nSPS) is 14.5. The van der Waals surface area contributed by atoms with Gasteiger partial charge in [-0.2, -0.15) is 0 Å². The third-order valence-electron chi connectivity index (χ3n) is 3.30. The topological polar surface area (TPSA) is 66.7 Å². The predicted octanol–water partition coefficient (Wildman–Crippen LogP) is 1.90. The Morgan fingerprint density at radius 2 is 1.95 bits per heavy atom. The van der Waals surface area contributed by atoms with E-state index in [2.05, 4.69) is 0 Å². The van der Waals surface area contributed by atoms with Gasteiger partial charge in [-0.15, -0.1) is 0 Å². The van der Waals surface area contributed by atoms with Crippen LogP contribution in [0, 0.1) is 10.1 Å². The van der Waals surface area contributed by atoms with Crippen LogP contribution in [0.25, 0.3) is 0 Å². The molecule has 6 nitrogen and oxygen atoms in total. The molecule has 0 radical (unpaired) electrons. The minimum atomic E-state index is -0.472. The molecule has 19 heavy (non-hydrogen) atoms. The van der Waals surface area contributed by atoms with Crippen LogP contribution in [0.15, 0.2) is 18.2 Å². The number of rotatable bonds is 3. The summed E-state index contributed by atoms with van der Waals surface area (Å²) in [5.74, 6) is -0.120. The number of carbonyl (C=O) groups excluding carboxylic acids is 1. The largest absolute Gasteiger partial charge is 0.377 e. The van der Waals surface area contributed by atoms with E-state index >= 15 is 0 Å². The highest BCUT2D eigenvalue weighted by Gasteiger charge is 2.24. The van der Waals surface area contributed by atoms with E-state index in [9.17, 15) is 14.9 Å². The SMILES string of the molecule is CN(C)c1ccc([N+](=O)[O-])cc1C(=O)N1CCCC1. The number of benzene rings is 1. The summed E-state index contributed by atoms with van der Waals surface area (Å²) in [6.45, 7) is 1.46. The fourth-order valence-electron chi connectivity index (χ4n) is 2.29. The van der Waals surface area contributed by atoms with Crippen molar-refractivity contribution in [2.75, 3.05) is 32.1 Å². The quantitative estimate of drug-likeness (QED) is 0.617. The molecule has 2 rings (SSSR count). The van der Waals surface area contributed by atoms with Gasteiger partial charge in [0.1, 0.15) is 0 Å². The summed E-state index contributed by atoms with van der Waals surface area (Å²) >= 11 is 0. The van der Waals surface area contributed by atoms with Crippen LogP contribution >= 0.6 is 0 Å². The zero-order chi connectivity index (χ0) is 14.0. The summed E-state index contributed by atoms with van der Waals surface area (Å²) in [4.78, 5) is 26.4. The second-order valence-corrected chi connectivity index (χ2v) is 4.85. The number of nitrogens with zero attached hydrogens (tertiary/aromatic N) is 3. The van der Waals surface area contributed by atoms with Gasteiger partial charge in [-0.1, -0.05) is 0 Å². The minimum Gasteiger partial charge on any atom is -0.377 e. The summed E-state index contributed by atoms with van der Waals surface area (Å²) in [6, 6.07) is 4.42. The lowest BCUT2D eigenvalue weighted by Crippen LogP contribution is -2.29. The van der Waals surface area contributed by atoms with E-state index < -0.39 is 4.92 Å². The number of amides is 1. The first-order chi connectivity index (χ1) is 9.00. The number of hydrogen-bond donors (Lipinski definition) is 0. The van der Waals surface area contributed by atoms with Crippen molar-refractivity contribution < 1.29 is 9.72 Å². The lowest BCUT2D eigenvalue weighted by molar-refractivity contribution is -0.384. The maximum absolute atomic E-state index is 12.4. The zero-order valence-electron chi connectivity index (χ0n) is 11.1. The number of nitro benzene ring substituents is 1. The van der Waals surface area contributed by atoms with Crippen molar-refractivity contribution in [1.82, 2.24) is 4.90 Å². The van der Waals surface area contributed by atoms with Crippen molar-refractivity contribution in [1.29, 1.82) is 0 Å². The molecular weight excluding hydrogens is 246 g/mol. The number of carbonyl (C=O) groups is 1. The van der Waals surface area contributed by atoms with Gasteiger partial charge in [-0.3, -0.25) is 14.9 Å². The van der Waals surface area contributed by atoms with Gasteiger partial charge in [0, 0.05) is 45.0 Å². The highest BCUT2D eigenvalue weighted by atomic mass is 16.6. The molecule has 1 fully saturated rings. The molecule has 1 heterocycles. The number of likely N-dealkylation sites (tertiary alicyclic amines) is 1. The van der Waals surface area contributed by atoms with Gasteiger partial charge >= 0.3 is 0 Å². The molecule has 0 spiro atoms. The molecule has 0 unspecified atom stereocenters. The second kappa shape index (κ2) is 5.26. The smallest absolute Gasteiger partial charge is 0.270 e. The van der Waals surface area contributed by atoms with Crippen LogP contribution in [0.4, 0.5) is 11.4 Å². The van der Waals surface area contributed by atoms with Gasteiger partial charge in [0.15, 0.2) is 0 Å². The molecule has 1 aliphatic rings. The second-order valence-electron chi connectivity index (χ2n) is 4.85. The first-order valence-corrected chi connectivity index (χ1v) is 6.26. The van der Waals surface area contributed by atoms with E-state index in [1.165, 1.54) is 12.1 Å². The van der Waals surface area contributed by atoms with Crippen molar-refractivity contribution in [2.24, 2.45) is 0 Å². The summed E-state index contributed by atoms with van der Waals surface area (Å²) in [5, 5.41) is 10.8. The summed E-state index contributed by atoms with van der Waals surface area (Å²) in [5.41, 5.74) is 1.07. The molecular formula is C13H17N3O3. The van der Waals surface area contributed by atoms with Crippen LogP contribution < -0.4 is 4.90 Å². The van der Waals surface area contributed by atoms with Gasteiger partial charge < -0.3 is 9.80 Å². The minimum absolute atomic E-state index is 0.0480. The standard InChI is InChI=1S/C13H17N3O3/c1-14(2)12-6-5-10(16(18)19)9-11(12)13(17)15-7-3-4-8-15/h5-6,9H,3-4,7-8H2,1-2H3. The summed E-state index contributed by atoms with van der Waals surface area (Å²) in [6.07, 6.45) is 2.00. The van der Waals surface area contributed by atoms with Crippen LogP contribution in [0.1, 0.15) is 23.2 Å². The summed E-state index contributed by atoms with van der Waals surface area (Å²) in [7, 11) is 3.64. The maximum Gasteiger partial charge on any atom is 0.270 e. The van der Waals surface area contributed by atoms with Crippen molar-refractivity contribution in [3.63, 3.8) is 0 Å². The Morgan fingerprint density at radius 1 is 1.32 bits per heavy atom. The number of nitro groups is 1. The molecule has 102 valence electrons. The predicted molar refractivity (Wildman–Crippen MR) is 72.6 cm³/mol. The third kappa shape index (κ3) is 2.67. The molecule has 0 atom stereocenters. The fraction of sp³-hybridized carbons (Fsp3) is 0.462. The summed E-state index contributed by atoms with van der Waals surface area (Å²) < 4.78 is 0. The number of non-ortho nitro benzene ring substituents is 1. The molecule has 6 heteroatoms. The Morgan fingerprint density at radius 3 is 2.47 bits per heavy atom. The highest BCUT2D eigenvalue weighted by Crippen LogP contribution is 2.26. The molecule has 0 aromatic heterocycles. The molecule has 1 aliphatic heterocycles. The lowest BCUT2D eigenvalue weighted by Gasteiger charge is -2.21. The average molecular weight is 263 g/mol. The van der Waals surface area contributed by atoms with Crippen LogP contribution in [0.3, 0.4) is 0 Å². The van der Waals surface area contributed by atoms with Crippen molar-refractivity contribution in [2.45, 2.75) is 12.8 Å². The molecule has 0 saturated carbocycles. The van der Waals surface area contributed by atoms with Crippen LogP contribution in [-0.2, 0) is 0 Å². The Kier molecular flexibility index (Phi) is 3.69. The van der Waals surface area contributed by atoms with Gasteiger partial charge in [0.05, 0.1) is 10.5 Å². The first kappa shape index (κ1) is 13.3. The molecule has 1 saturated heterocycles. The monoisotopic (exact) mass is 263 g/mol. The van der Waals surface area contributed by atoms with Gasteiger partial charge in [0.25, 0.3) is 11.6 Å². The molecule has 0 bridgehead atoms. The van der Waals surface area contributed by atoms with Gasteiger partial charge in [-0.05, 0) is 18.9 Å². The first-order valence-electron chi connectivity index (χ1n) is 6.26. The van der Waals surface area contributed by atoms with Crippen molar-refractivity contribution >= 4 is 17.3 Å². The molecule has 0 aliphatic carbocycles. The lowest BCUT2D eigenvalue weighted by atomic mass is 10.1. The van der Waals surface area contributed by atoms with Crippen LogP contribution in [0.5, 0.6) is 0 Å². The van der Waals surface area contributed by atoms with Crippen molar-refractivity contribution in [3.05, 3.63) is 33.9 Å². The Hall–Kier alpha value is -2.11. The fourth-order valence-corrected chi connectivity index (χ4v) is 2.29. The Labute approximate surface area is 111 Å². The maximum atomic E-state index is 12.4. The highest BCUT2D eigenvalue weighted by molar-refractivity contribution is 6.00. The number of anilines is 1. The van der Waals surface area contributed by atoms with E-state index in [1.807, 2.05) is 14.1 Å². The third-order valence-corrected chi connectivity index (χ3v) is 3.30. The van der Waals surface area contributed by atoms with Gasteiger partial charge in [-0.25, -0.2) is 0 Å². The Balaban J connectivity index is 2.42. The van der Waals surface area contributed by atoms with Crippen LogP contribution in [0.2, 0.25) is 0 Å². The van der Waals surface area contributed by atoms with Crippen LogP contribution in [-0.4, -0.2) is 42.9 Å². The molecule has 1 aromatic rings. The van der Waals surface area contributed by atoms with E-state index in [0.29, 0.717) is 11.3 Å². The van der Waals surface area contributed by atoms with Gasteiger partial charge in [0.2, 0.25) is 0 Å². The van der Waals surface area contributed by atoms with E-state index in [4.69, 9.17) is 0 Å². The molecule has 1 amide bonds. The zero-order valence-corrected chi connectivity index (χ0v) is 11.1.